The van der Waals surface area contributed by atoms with Crippen LogP contribution in [-0.4, -0.2) is 36.1 Å². The van der Waals surface area contributed by atoms with Crippen molar-refractivity contribution in [3.05, 3.63) is 16.4 Å². The second-order valence-electron chi connectivity index (χ2n) is 5.13. The molecule has 0 aliphatic carbocycles. The Bertz CT molecular complexity index is 368. The molecule has 0 saturated carbocycles. The number of halogens is 1. The van der Waals surface area contributed by atoms with Crippen LogP contribution in [0.4, 0.5) is 0 Å². The van der Waals surface area contributed by atoms with Crippen molar-refractivity contribution in [2.75, 3.05) is 20.3 Å². The van der Waals surface area contributed by atoms with Gasteiger partial charge in [0.15, 0.2) is 0 Å². The molecule has 20 heavy (non-hydrogen) atoms. The maximum Gasteiger partial charge on any atom is 0.0658 e. The van der Waals surface area contributed by atoms with Gasteiger partial charge in [-0.25, -0.2) is 0 Å². The van der Waals surface area contributed by atoms with Gasteiger partial charge in [0.05, 0.1) is 29.5 Å². The molecule has 5 heteroatoms. The Morgan fingerprint density at radius 2 is 2.15 bits per heavy atom. The van der Waals surface area contributed by atoms with Crippen LogP contribution in [0, 0.1) is 0 Å². The highest BCUT2D eigenvalue weighted by atomic mass is 79.9. The van der Waals surface area contributed by atoms with Crippen LogP contribution >= 0.6 is 15.9 Å². The highest BCUT2D eigenvalue weighted by Crippen LogP contribution is 2.19. The number of aromatic nitrogens is 2. The average Bonchev–Trinajstić information content (AvgIpc) is 2.80. The largest absolute Gasteiger partial charge is 0.383 e. The lowest BCUT2D eigenvalue weighted by Crippen LogP contribution is -2.30. The van der Waals surface area contributed by atoms with E-state index in [1.165, 1.54) is 25.0 Å². The lowest BCUT2D eigenvalue weighted by Gasteiger charge is -2.18. The molecular formula is C15H28BrN3O. The van der Waals surface area contributed by atoms with Gasteiger partial charge in [-0.1, -0.05) is 20.3 Å². The predicted molar refractivity (Wildman–Crippen MR) is 87.1 cm³/mol. The fourth-order valence-electron chi connectivity index (χ4n) is 2.36. The minimum Gasteiger partial charge on any atom is -0.383 e. The molecule has 0 aliphatic heterocycles. The maximum absolute atomic E-state index is 5.14. The van der Waals surface area contributed by atoms with Crippen LogP contribution in [-0.2, 0) is 17.7 Å². The molecule has 1 aromatic rings. The molecule has 1 atom stereocenters. The molecule has 1 N–H and O–H groups in total. The van der Waals surface area contributed by atoms with Crippen molar-refractivity contribution in [3.8, 4) is 0 Å². The molecule has 4 nitrogen and oxygen atoms in total. The Morgan fingerprint density at radius 1 is 1.35 bits per heavy atom. The summed E-state index contributed by atoms with van der Waals surface area (Å²) in [5.74, 6) is 0. The van der Waals surface area contributed by atoms with E-state index >= 15 is 0 Å². The Hall–Kier alpha value is -0.390. The quantitative estimate of drug-likeness (QED) is 0.668. The molecule has 0 radical (unpaired) electrons. The summed E-state index contributed by atoms with van der Waals surface area (Å²) >= 11 is 3.61. The predicted octanol–water partition coefficient (Wildman–Crippen LogP) is 3.39. The molecule has 1 unspecified atom stereocenters. The highest BCUT2D eigenvalue weighted by Gasteiger charge is 2.12. The van der Waals surface area contributed by atoms with Gasteiger partial charge in [-0.15, -0.1) is 0 Å². The number of hydrogen-bond donors (Lipinski definition) is 1. The van der Waals surface area contributed by atoms with Crippen LogP contribution in [0.25, 0.3) is 0 Å². The summed E-state index contributed by atoms with van der Waals surface area (Å²) in [7, 11) is 1.73. The second kappa shape index (κ2) is 10.4. The molecule has 1 aromatic heterocycles. The van der Waals surface area contributed by atoms with Crippen molar-refractivity contribution in [1.29, 1.82) is 0 Å². The summed E-state index contributed by atoms with van der Waals surface area (Å²) in [5.41, 5.74) is 1.28. The van der Waals surface area contributed by atoms with Crippen LogP contribution in [0.1, 0.15) is 45.2 Å². The molecule has 0 saturated heterocycles. The van der Waals surface area contributed by atoms with Crippen molar-refractivity contribution in [3.63, 3.8) is 0 Å². The third-order valence-corrected chi connectivity index (χ3v) is 4.12. The third kappa shape index (κ3) is 5.94. The van der Waals surface area contributed by atoms with E-state index in [1.54, 1.807) is 7.11 Å². The van der Waals surface area contributed by atoms with E-state index in [4.69, 9.17) is 4.74 Å². The van der Waals surface area contributed by atoms with E-state index in [1.807, 2.05) is 6.20 Å². The first-order chi connectivity index (χ1) is 9.72. The number of nitrogens with one attached hydrogen (secondary N) is 1. The third-order valence-electron chi connectivity index (χ3n) is 3.45. The van der Waals surface area contributed by atoms with Crippen LogP contribution < -0.4 is 5.32 Å². The van der Waals surface area contributed by atoms with E-state index in [-0.39, 0.29) is 0 Å². The first kappa shape index (κ1) is 17.7. The lowest BCUT2D eigenvalue weighted by molar-refractivity contribution is 0.182. The van der Waals surface area contributed by atoms with Crippen molar-refractivity contribution < 1.29 is 4.74 Å². The van der Waals surface area contributed by atoms with Gasteiger partial charge in [-0.2, -0.15) is 5.10 Å². The van der Waals surface area contributed by atoms with E-state index in [0.29, 0.717) is 12.6 Å². The monoisotopic (exact) mass is 345 g/mol. The standard InChI is InChI=1S/C15H28BrN3O/c1-4-6-13(17-9-5-2)7-8-15-14(16)12-18-19(15)10-11-20-3/h12-13,17H,4-11H2,1-3H3. The Morgan fingerprint density at radius 3 is 2.80 bits per heavy atom. The highest BCUT2D eigenvalue weighted by molar-refractivity contribution is 9.10. The number of hydrogen-bond acceptors (Lipinski definition) is 3. The van der Waals surface area contributed by atoms with Crippen molar-refractivity contribution >= 4 is 15.9 Å². The van der Waals surface area contributed by atoms with E-state index in [9.17, 15) is 0 Å². The van der Waals surface area contributed by atoms with Gasteiger partial charge in [0.25, 0.3) is 0 Å². The molecule has 116 valence electrons. The number of rotatable bonds is 11. The molecule has 0 bridgehead atoms. The zero-order chi connectivity index (χ0) is 14.8. The Balaban J connectivity index is 2.54. The van der Waals surface area contributed by atoms with Crippen LogP contribution in [0.3, 0.4) is 0 Å². The molecule has 1 heterocycles. The Kier molecular flexibility index (Phi) is 9.14. The fourth-order valence-corrected chi connectivity index (χ4v) is 2.86. The average molecular weight is 346 g/mol. The van der Waals surface area contributed by atoms with Gasteiger partial charge in [-0.3, -0.25) is 4.68 Å². The molecule has 0 amide bonds. The number of methoxy groups -OCH3 is 1. The first-order valence-corrected chi connectivity index (χ1v) is 8.44. The number of nitrogens with zero attached hydrogens (tertiary/aromatic N) is 2. The summed E-state index contributed by atoms with van der Waals surface area (Å²) in [5, 5.41) is 8.05. The number of ether oxygens (including phenoxy) is 1. The minimum atomic E-state index is 0.609. The minimum absolute atomic E-state index is 0.609. The molecule has 0 spiro atoms. The van der Waals surface area contributed by atoms with Crippen molar-refractivity contribution in [2.45, 2.75) is 58.5 Å². The van der Waals surface area contributed by atoms with Crippen LogP contribution in [0.5, 0.6) is 0 Å². The van der Waals surface area contributed by atoms with Gasteiger partial charge in [-0.05, 0) is 48.2 Å². The van der Waals surface area contributed by atoms with Gasteiger partial charge in [0.1, 0.15) is 0 Å². The van der Waals surface area contributed by atoms with Crippen LogP contribution in [0.15, 0.2) is 10.7 Å². The normalized spacial score (nSPS) is 12.8. The summed E-state index contributed by atoms with van der Waals surface area (Å²) in [4.78, 5) is 0. The molecule has 0 fully saturated rings. The SMILES string of the molecule is CCCNC(CCC)CCc1c(Br)cnn1CCOC. The van der Waals surface area contributed by atoms with Gasteiger partial charge in [0.2, 0.25) is 0 Å². The van der Waals surface area contributed by atoms with Gasteiger partial charge in [0, 0.05) is 13.2 Å². The molecular weight excluding hydrogens is 318 g/mol. The molecule has 0 aromatic carbocycles. The van der Waals surface area contributed by atoms with E-state index in [2.05, 4.69) is 44.9 Å². The molecule has 1 rings (SSSR count). The topological polar surface area (TPSA) is 39.1 Å². The summed E-state index contributed by atoms with van der Waals surface area (Å²) in [6.07, 6.45) is 7.75. The second-order valence-corrected chi connectivity index (χ2v) is 5.99. The fraction of sp³-hybridized carbons (Fsp3) is 0.800. The van der Waals surface area contributed by atoms with Gasteiger partial charge >= 0.3 is 0 Å². The van der Waals surface area contributed by atoms with E-state index < -0.39 is 0 Å². The van der Waals surface area contributed by atoms with E-state index in [0.717, 1.165) is 30.4 Å². The van der Waals surface area contributed by atoms with Crippen molar-refractivity contribution in [2.24, 2.45) is 0 Å². The zero-order valence-electron chi connectivity index (χ0n) is 13.0. The Labute approximate surface area is 131 Å². The summed E-state index contributed by atoms with van der Waals surface area (Å²) in [6.45, 7) is 7.09. The lowest BCUT2D eigenvalue weighted by atomic mass is 10.0. The van der Waals surface area contributed by atoms with Gasteiger partial charge < -0.3 is 10.1 Å². The zero-order valence-corrected chi connectivity index (χ0v) is 14.6. The molecule has 0 aliphatic rings. The maximum atomic E-state index is 5.14. The van der Waals surface area contributed by atoms with Crippen molar-refractivity contribution in [1.82, 2.24) is 15.1 Å². The summed E-state index contributed by atoms with van der Waals surface area (Å²) < 4.78 is 8.30. The summed E-state index contributed by atoms with van der Waals surface area (Å²) in [6, 6.07) is 0.609. The smallest absolute Gasteiger partial charge is 0.0658 e. The van der Waals surface area contributed by atoms with Crippen LogP contribution in [0.2, 0.25) is 0 Å². The first-order valence-electron chi connectivity index (χ1n) is 7.65.